The topological polar surface area (TPSA) is 152 Å². The minimum Gasteiger partial charge on any atom is -0.461 e. The zero-order valence-corrected chi connectivity index (χ0v) is 23.0. The van der Waals surface area contributed by atoms with Gasteiger partial charge in [-0.15, -0.1) is 0 Å². The van der Waals surface area contributed by atoms with Gasteiger partial charge < -0.3 is 31.7 Å². The lowest BCUT2D eigenvalue weighted by atomic mass is 10.1. The van der Waals surface area contributed by atoms with Gasteiger partial charge in [0.2, 0.25) is 12.3 Å². The lowest BCUT2D eigenvalue weighted by Gasteiger charge is -2.15. The number of hydrogen-bond acceptors (Lipinski definition) is 6. The fraction of sp³-hybridized carbons (Fsp3) is 0.615. The van der Waals surface area contributed by atoms with Crippen LogP contribution < -0.4 is 27.0 Å². The molecule has 0 heterocycles. The summed E-state index contributed by atoms with van der Waals surface area (Å²) in [6.45, 7) is 16.4. The van der Waals surface area contributed by atoms with Crippen LogP contribution >= 0.6 is 0 Å². The number of primary amides is 1. The first-order valence-electron chi connectivity index (χ1n) is 12.5. The number of ether oxygens (including phenoxy) is 1. The monoisotopic (exact) mass is 509 g/mol. The highest BCUT2D eigenvalue weighted by atomic mass is 16.5. The SMILES string of the molecule is CCC(C)C(=O)OCc1ccc(NC(=O)CNC=O)cc1.CCCNC(N)=O.CCNC(C)C(C)C. The standard InChI is InChI=1S/C15H20N2O4.C7H17N.C4H10N2O/c1-3-11(2)15(20)21-9-12-4-6-13(7-5-12)17-14(19)8-16-10-18;1-5-8-7(4)6(2)3;1-2-3-6-4(5)7/h4-7,10-11H,3,8-9H2,1-2H3,(H,16,18)(H,17,19);6-8H,5H2,1-4H3;2-3H2,1H3,(H3,5,6,7). The highest BCUT2D eigenvalue weighted by Gasteiger charge is 2.11. The molecule has 1 aromatic carbocycles. The summed E-state index contributed by atoms with van der Waals surface area (Å²) in [7, 11) is 0. The summed E-state index contributed by atoms with van der Waals surface area (Å²) in [4.78, 5) is 42.9. The molecule has 0 aliphatic heterocycles. The summed E-state index contributed by atoms with van der Waals surface area (Å²) in [6.07, 6.45) is 2.15. The quantitative estimate of drug-likeness (QED) is 0.203. The van der Waals surface area contributed by atoms with Crippen molar-refractivity contribution in [2.45, 2.75) is 74.0 Å². The Morgan fingerprint density at radius 3 is 2.03 bits per heavy atom. The summed E-state index contributed by atoms with van der Waals surface area (Å²) < 4.78 is 5.18. The van der Waals surface area contributed by atoms with Crippen LogP contribution in [0.5, 0.6) is 0 Å². The summed E-state index contributed by atoms with van der Waals surface area (Å²) in [5.74, 6) is 0.136. The number of carbonyl (C=O) groups is 4. The van der Waals surface area contributed by atoms with Crippen molar-refractivity contribution in [2.75, 3.05) is 25.0 Å². The van der Waals surface area contributed by atoms with Crippen LogP contribution in [-0.4, -0.2) is 50.0 Å². The molecular weight excluding hydrogens is 462 g/mol. The molecule has 0 saturated carbocycles. The van der Waals surface area contributed by atoms with E-state index in [0.717, 1.165) is 30.9 Å². The van der Waals surface area contributed by atoms with E-state index in [9.17, 15) is 19.2 Å². The first-order chi connectivity index (χ1) is 17.0. The normalized spacial score (nSPS) is 11.4. The summed E-state index contributed by atoms with van der Waals surface area (Å²) >= 11 is 0. The third-order valence-corrected chi connectivity index (χ3v) is 5.05. The average molecular weight is 510 g/mol. The van der Waals surface area contributed by atoms with Crippen molar-refractivity contribution in [3.05, 3.63) is 29.8 Å². The molecule has 0 radical (unpaired) electrons. The van der Waals surface area contributed by atoms with E-state index in [0.29, 0.717) is 24.7 Å². The van der Waals surface area contributed by atoms with E-state index < -0.39 is 6.03 Å². The molecule has 6 N–H and O–H groups in total. The lowest BCUT2D eigenvalue weighted by molar-refractivity contribution is -0.149. The highest BCUT2D eigenvalue weighted by Crippen LogP contribution is 2.12. The summed E-state index contributed by atoms with van der Waals surface area (Å²) in [6, 6.07) is 7.19. The van der Waals surface area contributed by atoms with Crippen LogP contribution in [-0.2, 0) is 25.7 Å². The Bertz CT molecular complexity index is 741. The Morgan fingerprint density at radius 1 is 1.03 bits per heavy atom. The molecule has 2 atom stereocenters. The van der Waals surface area contributed by atoms with Crippen molar-refractivity contribution in [2.24, 2.45) is 17.6 Å². The maximum absolute atomic E-state index is 11.5. The largest absolute Gasteiger partial charge is 0.461 e. The van der Waals surface area contributed by atoms with Gasteiger partial charge in [-0.05, 0) is 49.9 Å². The third-order valence-electron chi connectivity index (χ3n) is 5.05. The van der Waals surface area contributed by atoms with E-state index in [4.69, 9.17) is 10.5 Å². The number of nitrogens with two attached hydrogens (primary N) is 1. The molecule has 1 aromatic rings. The number of benzene rings is 1. The zero-order valence-electron chi connectivity index (χ0n) is 23.0. The van der Waals surface area contributed by atoms with E-state index in [1.807, 2.05) is 20.8 Å². The Morgan fingerprint density at radius 2 is 1.64 bits per heavy atom. The van der Waals surface area contributed by atoms with Gasteiger partial charge in [0.1, 0.15) is 6.61 Å². The predicted octanol–water partition coefficient (Wildman–Crippen LogP) is 3.17. The van der Waals surface area contributed by atoms with Gasteiger partial charge in [0, 0.05) is 18.3 Å². The number of rotatable bonds is 13. The number of hydrogen-bond donors (Lipinski definition) is 5. The molecule has 0 fully saturated rings. The van der Waals surface area contributed by atoms with E-state index in [-0.39, 0.29) is 30.9 Å². The lowest BCUT2D eigenvalue weighted by Crippen LogP contribution is -2.30. The van der Waals surface area contributed by atoms with E-state index in [1.165, 1.54) is 0 Å². The molecule has 0 saturated heterocycles. The first-order valence-corrected chi connectivity index (χ1v) is 12.5. The van der Waals surface area contributed by atoms with Crippen molar-refractivity contribution in [3.8, 4) is 0 Å². The van der Waals surface area contributed by atoms with Crippen LogP contribution in [0.25, 0.3) is 0 Å². The second-order valence-corrected chi connectivity index (χ2v) is 8.54. The predicted molar refractivity (Wildman–Crippen MR) is 144 cm³/mol. The van der Waals surface area contributed by atoms with E-state index in [2.05, 4.69) is 49.0 Å². The molecular formula is C26H47N5O5. The number of amides is 4. The van der Waals surface area contributed by atoms with Gasteiger partial charge in [-0.2, -0.15) is 0 Å². The second kappa shape index (κ2) is 22.3. The van der Waals surface area contributed by atoms with Crippen molar-refractivity contribution < 1.29 is 23.9 Å². The van der Waals surface area contributed by atoms with Crippen LogP contribution in [0.1, 0.15) is 66.9 Å². The molecule has 0 spiro atoms. The third kappa shape index (κ3) is 20.3. The molecule has 4 amide bonds. The van der Waals surface area contributed by atoms with Crippen LogP contribution in [0.4, 0.5) is 10.5 Å². The molecule has 0 bridgehead atoms. The fourth-order valence-electron chi connectivity index (χ4n) is 2.29. The molecule has 0 aliphatic rings. The molecule has 1 rings (SSSR count). The van der Waals surface area contributed by atoms with Crippen molar-refractivity contribution in [3.63, 3.8) is 0 Å². The maximum atomic E-state index is 11.5. The van der Waals surface area contributed by atoms with Crippen molar-refractivity contribution in [1.82, 2.24) is 16.0 Å². The van der Waals surface area contributed by atoms with Crippen molar-refractivity contribution in [1.29, 1.82) is 0 Å². The highest BCUT2D eigenvalue weighted by molar-refractivity contribution is 5.93. The van der Waals surface area contributed by atoms with Crippen LogP contribution in [0, 0.1) is 11.8 Å². The fourth-order valence-corrected chi connectivity index (χ4v) is 2.29. The van der Waals surface area contributed by atoms with Gasteiger partial charge in [0.05, 0.1) is 12.5 Å². The van der Waals surface area contributed by atoms with Gasteiger partial charge in [0.15, 0.2) is 0 Å². The zero-order chi connectivity index (χ0) is 27.9. The van der Waals surface area contributed by atoms with E-state index in [1.54, 1.807) is 24.3 Å². The Kier molecular flexibility index (Phi) is 21.7. The molecule has 10 heteroatoms. The molecule has 36 heavy (non-hydrogen) atoms. The van der Waals surface area contributed by atoms with Gasteiger partial charge >= 0.3 is 12.0 Å². The number of esters is 1. The Balaban J connectivity index is 0. The minimum atomic E-state index is -0.443. The van der Waals surface area contributed by atoms with Gasteiger partial charge in [-0.25, -0.2) is 4.79 Å². The van der Waals surface area contributed by atoms with Crippen molar-refractivity contribution >= 4 is 30.0 Å². The Hall–Kier alpha value is -3.14. The molecule has 10 nitrogen and oxygen atoms in total. The van der Waals surface area contributed by atoms with Gasteiger partial charge in [-0.3, -0.25) is 14.4 Å². The second-order valence-electron chi connectivity index (χ2n) is 8.54. The molecule has 0 aromatic heterocycles. The Labute approximate surface area is 216 Å². The summed E-state index contributed by atoms with van der Waals surface area (Å²) in [5.41, 5.74) is 6.19. The van der Waals surface area contributed by atoms with Crippen LogP contribution in [0.15, 0.2) is 24.3 Å². The van der Waals surface area contributed by atoms with Gasteiger partial charge in [0.25, 0.3) is 0 Å². The van der Waals surface area contributed by atoms with Crippen LogP contribution in [0.3, 0.4) is 0 Å². The number of nitrogens with one attached hydrogen (secondary N) is 4. The summed E-state index contributed by atoms with van der Waals surface area (Å²) in [5, 5.41) is 10.7. The molecule has 2 unspecified atom stereocenters. The van der Waals surface area contributed by atoms with E-state index >= 15 is 0 Å². The maximum Gasteiger partial charge on any atom is 0.312 e. The van der Waals surface area contributed by atoms with Crippen LogP contribution in [0.2, 0.25) is 0 Å². The minimum absolute atomic E-state index is 0.0717. The van der Waals surface area contributed by atoms with Gasteiger partial charge in [-0.1, -0.05) is 53.7 Å². The molecule has 0 aliphatic carbocycles. The molecule has 206 valence electrons. The first kappa shape index (κ1) is 35.0. The average Bonchev–Trinajstić information content (AvgIpc) is 2.85. The smallest absolute Gasteiger partial charge is 0.312 e. The number of anilines is 1. The number of urea groups is 1. The number of carbonyl (C=O) groups excluding carboxylic acids is 4.